The molecule has 1 heterocycles. The molecule has 0 saturated heterocycles. The van der Waals surface area contributed by atoms with Gasteiger partial charge in [0.25, 0.3) is 0 Å². The van der Waals surface area contributed by atoms with Gasteiger partial charge in [0, 0.05) is 30.8 Å². The van der Waals surface area contributed by atoms with Crippen LogP contribution in [0.3, 0.4) is 0 Å². The van der Waals surface area contributed by atoms with Crippen LogP contribution in [0.4, 0.5) is 0 Å². The third-order valence-corrected chi connectivity index (χ3v) is 2.83. The van der Waals surface area contributed by atoms with E-state index in [1.165, 1.54) is 0 Å². The molecule has 1 atom stereocenters. The molecule has 0 spiro atoms. The number of nitrogens with two attached hydrogens (primary N) is 1. The lowest BCUT2D eigenvalue weighted by Gasteiger charge is -2.12. The van der Waals surface area contributed by atoms with Crippen molar-refractivity contribution in [2.45, 2.75) is 19.4 Å². The molecule has 17 heavy (non-hydrogen) atoms. The smallest absolute Gasteiger partial charge is 0.0702 e. The standard InChI is InChI=1S/C14H18N2O/c1-2-17-9-7-13(15)11-5-6-14-12(10-11)4-3-8-16-14/h3-6,8,10,13H,2,7,9,15H2,1H3. The van der Waals surface area contributed by atoms with E-state index in [4.69, 9.17) is 10.5 Å². The van der Waals surface area contributed by atoms with Crippen molar-refractivity contribution < 1.29 is 4.74 Å². The molecule has 2 aromatic rings. The molecule has 0 aliphatic heterocycles. The third kappa shape index (κ3) is 3.02. The van der Waals surface area contributed by atoms with Gasteiger partial charge in [0.15, 0.2) is 0 Å². The van der Waals surface area contributed by atoms with Gasteiger partial charge in [-0.05, 0) is 37.1 Å². The summed E-state index contributed by atoms with van der Waals surface area (Å²) in [5.41, 5.74) is 8.28. The maximum atomic E-state index is 6.13. The van der Waals surface area contributed by atoms with E-state index in [1.54, 1.807) is 6.20 Å². The molecule has 0 fully saturated rings. The summed E-state index contributed by atoms with van der Waals surface area (Å²) in [6, 6.07) is 10.2. The van der Waals surface area contributed by atoms with Gasteiger partial charge in [0.1, 0.15) is 0 Å². The van der Waals surface area contributed by atoms with E-state index in [-0.39, 0.29) is 6.04 Å². The average molecular weight is 230 g/mol. The van der Waals surface area contributed by atoms with Crippen LogP contribution in [0.15, 0.2) is 36.5 Å². The lowest BCUT2D eigenvalue weighted by Crippen LogP contribution is -2.13. The van der Waals surface area contributed by atoms with Crippen molar-refractivity contribution in [3.8, 4) is 0 Å². The second kappa shape index (κ2) is 5.75. The monoisotopic (exact) mass is 230 g/mol. The summed E-state index contributed by atoms with van der Waals surface area (Å²) in [5, 5.41) is 1.14. The predicted octanol–water partition coefficient (Wildman–Crippen LogP) is 2.66. The van der Waals surface area contributed by atoms with Crippen LogP contribution in [0.2, 0.25) is 0 Å². The van der Waals surface area contributed by atoms with E-state index < -0.39 is 0 Å². The van der Waals surface area contributed by atoms with Gasteiger partial charge in [-0.1, -0.05) is 12.1 Å². The molecule has 0 bridgehead atoms. The second-order valence-corrected chi connectivity index (χ2v) is 4.05. The molecule has 2 rings (SSSR count). The summed E-state index contributed by atoms with van der Waals surface area (Å²) in [5.74, 6) is 0. The molecule has 90 valence electrons. The lowest BCUT2D eigenvalue weighted by molar-refractivity contribution is 0.140. The van der Waals surface area contributed by atoms with Crippen LogP contribution in [0.25, 0.3) is 10.9 Å². The van der Waals surface area contributed by atoms with E-state index in [2.05, 4.69) is 17.1 Å². The summed E-state index contributed by atoms with van der Waals surface area (Å²) < 4.78 is 5.32. The van der Waals surface area contributed by atoms with Gasteiger partial charge in [-0.2, -0.15) is 0 Å². The minimum absolute atomic E-state index is 0.0335. The fourth-order valence-corrected chi connectivity index (χ4v) is 1.85. The molecule has 3 nitrogen and oxygen atoms in total. The predicted molar refractivity (Wildman–Crippen MR) is 69.8 cm³/mol. The summed E-state index contributed by atoms with van der Waals surface area (Å²) in [7, 11) is 0. The normalized spacial score (nSPS) is 12.8. The molecule has 0 aliphatic rings. The van der Waals surface area contributed by atoms with Crippen LogP contribution >= 0.6 is 0 Å². The molecular weight excluding hydrogens is 212 g/mol. The zero-order chi connectivity index (χ0) is 12.1. The van der Waals surface area contributed by atoms with Crippen LogP contribution in [0, 0.1) is 0 Å². The van der Waals surface area contributed by atoms with E-state index in [0.717, 1.165) is 29.5 Å². The summed E-state index contributed by atoms with van der Waals surface area (Å²) >= 11 is 0. The van der Waals surface area contributed by atoms with E-state index in [0.29, 0.717) is 6.61 Å². The van der Waals surface area contributed by atoms with Gasteiger partial charge in [-0.3, -0.25) is 4.98 Å². The number of hydrogen-bond donors (Lipinski definition) is 1. The molecular formula is C14H18N2O. The highest BCUT2D eigenvalue weighted by molar-refractivity contribution is 5.79. The Labute approximate surface area is 102 Å². The van der Waals surface area contributed by atoms with Crippen molar-refractivity contribution in [1.82, 2.24) is 4.98 Å². The van der Waals surface area contributed by atoms with Crippen LogP contribution in [0.5, 0.6) is 0 Å². The van der Waals surface area contributed by atoms with E-state index >= 15 is 0 Å². The van der Waals surface area contributed by atoms with Crippen LogP contribution < -0.4 is 5.73 Å². The first-order valence-corrected chi connectivity index (χ1v) is 5.99. The first kappa shape index (κ1) is 12.0. The molecule has 3 heteroatoms. The van der Waals surface area contributed by atoms with Crippen molar-refractivity contribution >= 4 is 10.9 Å². The Morgan fingerprint density at radius 3 is 3.06 bits per heavy atom. The molecule has 1 unspecified atom stereocenters. The zero-order valence-electron chi connectivity index (χ0n) is 10.1. The Kier molecular flexibility index (Phi) is 4.07. The number of benzene rings is 1. The van der Waals surface area contributed by atoms with E-state index in [1.807, 2.05) is 25.1 Å². The Balaban J connectivity index is 2.12. The summed E-state index contributed by atoms with van der Waals surface area (Å²) in [6.45, 7) is 3.45. The van der Waals surface area contributed by atoms with Crippen LogP contribution in [-0.2, 0) is 4.74 Å². The van der Waals surface area contributed by atoms with Gasteiger partial charge in [0.05, 0.1) is 5.52 Å². The van der Waals surface area contributed by atoms with Crippen LogP contribution in [0.1, 0.15) is 24.9 Å². The Morgan fingerprint density at radius 2 is 2.24 bits per heavy atom. The lowest BCUT2D eigenvalue weighted by atomic mass is 10.0. The number of fused-ring (bicyclic) bond motifs is 1. The Morgan fingerprint density at radius 1 is 1.35 bits per heavy atom. The highest BCUT2D eigenvalue weighted by Gasteiger charge is 2.06. The molecule has 1 aromatic heterocycles. The molecule has 0 radical (unpaired) electrons. The number of rotatable bonds is 5. The first-order chi connectivity index (χ1) is 8.31. The van der Waals surface area contributed by atoms with Crippen molar-refractivity contribution in [3.05, 3.63) is 42.1 Å². The van der Waals surface area contributed by atoms with Gasteiger partial charge < -0.3 is 10.5 Å². The fourth-order valence-electron chi connectivity index (χ4n) is 1.85. The van der Waals surface area contributed by atoms with Crippen LogP contribution in [-0.4, -0.2) is 18.2 Å². The molecule has 0 saturated carbocycles. The van der Waals surface area contributed by atoms with Crippen molar-refractivity contribution in [2.75, 3.05) is 13.2 Å². The molecule has 0 aliphatic carbocycles. The van der Waals surface area contributed by atoms with Crippen molar-refractivity contribution in [1.29, 1.82) is 0 Å². The number of hydrogen-bond acceptors (Lipinski definition) is 3. The Bertz CT molecular complexity index is 484. The van der Waals surface area contributed by atoms with Gasteiger partial charge in [-0.15, -0.1) is 0 Å². The SMILES string of the molecule is CCOCCC(N)c1ccc2ncccc2c1. The number of ether oxygens (including phenoxy) is 1. The first-order valence-electron chi connectivity index (χ1n) is 5.99. The van der Waals surface area contributed by atoms with Gasteiger partial charge in [-0.25, -0.2) is 0 Å². The Hall–Kier alpha value is -1.45. The van der Waals surface area contributed by atoms with E-state index in [9.17, 15) is 0 Å². The van der Waals surface area contributed by atoms with Crippen molar-refractivity contribution in [2.24, 2.45) is 5.73 Å². The maximum Gasteiger partial charge on any atom is 0.0702 e. The molecule has 1 aromatic carbocycles. The van der Waals surface area contributed by atoms with Gasteiger partial charge >= 0.3 is 0 Å². The fraction of sp³-hybridized carbons (Fsp3) is 0.357. The molecule has 0 amide bonds. The zero-order valence-corrected chi connectivity index (χ0v) is 10.1. The summed E-state index contributed by atoms with van der Waals surface area (Å²) in [4.78, 5) is 4.29. The number of aromatic nitrogens is 1. The number of pyridine rings is 1. The largest absolute Gasteiger partial charge is 0.382 e. The maximum absolute atomic E-state index is 6.13. The highest BCUT2D eigenvalue weighted by atomic mass is 16.5. The summed E-state index contributed by atoms with van der Waals surface area (Å²) in [6.07, 6.45) is 2.65. The number of nitrogens with zero attached hydrogens (tertiary/aromatic N) is 1. The minimum Gasteiger partial charge on any atom is -0.382 e. The topological polar surface area (TPSA) is 48.1 Å². The van der Waals surface area contributed by atoms with Gasteiger partial charge in [0.2, 0.25) is 0 Å². The second-order valence-electron chi connectivity index (χ2n) is 4.05. The highest BCUT2D eigenvalue weighted by Crippen LogP contribution is 2.19. The molecule has 2 N–H and O–H groups in total. The minimum atomic E-state index is 0.0335. The third-order valence-electron chi connectivity index (χ3n) is 2.83. The quantitative estimate of drug-likeness (QED) is 0.803. The average Bonchev–Trinajstić information content (AvgIpc) is 2.38. The van der Waals surface area contributed by atoms with Crippen molar-refractivity contribution in [3.63, 3.8) is 0 Å².